The Morgan fingerprint density at radius 2 is 1.87 bits per heavy atom. The van der Waals surface area contributed by atoms with E-state index in [9.17, 15) is 14.4 Å². The summed E-state index contributed by atoms with van der Waals surface area (Å²) >= 11 is 0. The van der Waals surface area contributed by atoms with Crippen molar-refractivity contribution in [3.63, 3.8) is 0 Å². The van der Waals surface area contributed by atoms with Gasteiger partial charge in [0.15, 0.2) is 0 Å². The first-order valence-corrected chi connectivity index (χ1v) is 9.89. The van der Waals surface area contributed by atoms with Crippen LogP contribution in [-0.4, -0.2) is 60.5 Å². The summed E-state index contributed by atoms with van der Waals surface area (Å²) in [7, 11) is 1.48. The summed E-state index contributed by atoms with van der Waals surface area (Å²) in [5.41, 5.74) is 0.959. The number of rotatable bonds is 6. The average Bonchev–Trinajstić information content (AvgIpc) is 2.79. The molecule has 1 aromatic carbocycles. The molecule has 1 saturated heterocycles. The Morgan fingerprint density at radius 1 is 1.13 bits per heavy atom. The third-order valence-electron chi connectivity index (χ3n) is 4.92. The number of ether oxygens (including phenoxy) is 2. The lowest BCUT2D eigenvalue weighted by Gasteiger charge is -2.31. The Hall–Kier alpha value is -3.42. The molecule has 8 heteroatoms. The highest BCUT2D eigenvalue weighted by Crippen LogP contribution is 2.20. The molecule has 1 aromatic heterocycles. The second kappa shape index (κ2) is 9.87. The van der Waals surface area contributed by atoms with Gasteiger partial charge < -0.3 is 19.7 Å². The van der Waals surface area contributed by atoms with Gasteiger partial charge in [-0.25, -0.2) is 4.79 Å². The van der Waals surface area contributed by atoms with Crippen LogP contribution in [0.25, 0.3) is 0 Å². The SMILES string of the molecule is CCOC(=O)N1CCC(NC(=O)c2cc(OC)cc(C(=O)c3ccccn3)c2)CC1. The molecule has 1 fully saturated rings. The van der Waals surface area contributed by atoms with Gasteiger partial charge in [0.25, 0.3) is 5.91 Å². The molecule has 0 unspecified atom stereocenters. The minimum atomic E-state index is -0.326. The van der Waals surface area contributed by atoms with Gasteiger partial charge in [-0.15, -0.1) is 0 Å². The van der Waals surface area contributed by atoms with Crippen LogP contribution in [0.4, 0.5) is 4.79 Å². The van der Waals surface area contributed by atoms with E-state index in [1.165, 1.54) is 7.11 Å². The fourth-order valence-corrected chi connectivity index (χ4v) is 3.31. The Kier molecular flexibility index (Phi) is 7.00. The molecule has 30 heavy (non-hydrogen) atoms. The summed E-state index contributed by atoms with van der Waals surface area (Å²) < 4.78 is 10.3. The van der Waals surface area contributed by atoms with Gasteiger partial charge in [0, 0.05) is 36.5 Å². The van der Waals surface area contributed by atoms with E-state index in [-0.39, 0.29) is 23.8 Å². The third kappa shape index (κ3) is 5.14. The van der Waals surface area contributed by atoms with Crippen molar-refractivity contribution in [1.82, 2.24) is 15.2 Å². The van der Waals surface area contributed by atoms with Crippen molar-refractivity contribution in [2.45, 2.75) is 25.8 Å². The van der Waals surface area contributed by atoms with Crippen LogP contribution in [-0.2, 0) is 4.74 Å². The molecule has 0 radical (unpaired) electrons. The fourth-order valence-electron chi connectivity index (χ4n) is 3.31. The number of piperidine rings is 1. The summed E-state index contributed by atoms with van der Waals surface area (Å²) in [5.74, 6) is -0.163. The smallest absolute Gasteiger partial charge is 0.409 e. The number of likely N-dealkylation sites (tertiary alicyclic amines) is 1. The van der Waals surface area contributed by atoms with Crippen LogP contribution in [0.5, 0.6) is 5.75 Å². The second-order valence-corrected chi connectivity index (χ2v) is 6.93. The summed E-state index contributed by atoms with van der Waals surface area (Å²) in [6, 6.07) is 9.75. The molecule has 0 saturated carbocycles. The molecule has 0 spiro atoms. The lowest BCUT2D eigenvalue weighted by Crippen LogP contribution is -2.46. The van der Waals surface area contributed by atoms with Gasteiger partial charge >= 0.3 is 6.09 Å². The van der Waals surface area contributed by atoms with E-state index < -0.39 is 0 Å². The average molecular weight is 411 g/mol. The number of ketones is 1. The largest absolute Gasteiger partial charge is 0.497 e. The number of carbonyl (C=O) groups excluding carboxylic acids is 3. The van der Waals surface area contributed by atoms with E-state index in [1.807, 2.05) is 0 Å². The van der Waals surface area contributed by atoms with Crippen LogP contribution in [0.1, 0.15) is 46.2 Å². The number of nitrogens with one attached hydrogen (secondary N) is 1. The predicted octanol–water partition coefficient (Wildman–Crippen LogP) is 2.67. The highest BCUT2D eigenvalue weighted by atomic mass is 16.6. The van der Waals surface area contributed by atoms with Gasteiger partial charge in [0.2, 0.25) is 5.78 Å². The molecule has 158 valence electrons. The molecule has 3 rings (SSSR count). The molecule has 0 atom stereocenters. The quantitative estimate of drug-likeness (QED) is 0.734. The Bertz CT molecular complexity index is 908. The van der Waals surface area contributed by atoms with E-state index in [0.717, 1.165) is 0 Å². The maximum Gasteiger partial charge on any atom is 0.409 e. The maximum atomic E-state index is 12.8. The number of aromatic nitrogens is 1. The van der Waals surface area contributed by atoms with E-state index >= 15 is 0 Å². The topological polar surface area (TPSA) is 97.8 Å². The number of benzene rings is 1. The number of hydrogen-bond acceptors (Lipinski definition) is 6. The van der Waals surface area contributed by atoms with Crippen LogP contribution in [0.3, 0.4) is 0 Å². The molecule has 8 nitrogen and oxygen atoms in total. The number of nitrogens with zero attached hydrogens (tertiary/aromatic N) is 2. The lowest BCUT2D eigenvalue weighted by atomic mass is 10.0. The number of carbonyl (C=O) groups is 3. The van der Waals surface area contributed by atoms with Crippen molar-refractivity contribution in [3.05, 3.63) is 59.4 Å². The Balaban J connectivity index is 1.69. The van der Waals surface area contributed by atoms with Crippen LogP contribution in [0.2, 0.25) is 0 Å². The molecule has 2 heterocycles. The zero-order valence-corrected chi connectivity index (χ0v) is 17.1. The number of pyridine rings is 1. The van der Waals surface area contributed by atoms with Crippen LogP contribution < -0.4 is 10.1 Å². The zero-order chi connectivity index (χ0) is 21.5. The van der Waals surface area contributed by atoms with Gasteiger partial charge in [-0.2, -0.15) is 0 Å². The number of hydrogen-bond donors (Lipinski definition) is 1. The predicted molar refractivity (Wildman–Crippen MR) is 110 cm³/mol. The third-order valence-corrected chi connectivity index (χ3v) is 4.92. The first-order valence-electron chi connectivity index (χ1n) is 9.89. The molecule has 0 bridgehead atoms. The van der Waals surface area contributed by atoms with Crippen LogP contribution in [0, 0.1) is 0 Å². The van der Waals surface area contributed by atoms with Gasteiger partial charge in [-0.1, -0.05) is 6.07 Å². The normalized spacial score (nSPS) is 14.1. The summed E-state index contributed by atoms with van der Waals surface area (Å²) in [5, 5.41) is 2.98. The monoisotopic (exact) mass is 411 g/mol. The molecular weight excluding hydrogens is 386 g/mol. The van der Waals surface area contributed by atoms with Crippen molar-refractivity contribution in [1.29, 1.82) is 0 Å². The van der Waals surface area contributed by atoms with Gasteiger partial charge in [-0.3, -0.25) is 14.6 Å². The molecule has 2 amide bonds. The summed E-state index contributed by atoms with van der Waals surface area (Å²) in [4.78, 5) is 43.1. The van der Waals surface area contributed by atoms with Gasteiger partial charge in [-0.05, 0) is 50.1 Å². The minimum Gasteiger partial charge on any atom is -0.497 e. The van der Waals surface area contributed by atoms with Crippen molar-refractivity contribution in [2.75, 3.05) is 26.8 Å². The molecular formula is C22H25N3O5. The van der Waals surface area contributed by atoms with Crippen molar-refractivity contribution < 1.29 is 23.9 Å². The van der Waals surface area contributed by atoms with E-state index in [0.29, 0.717) is 55.1 Å². The molecule has 2 aromatic rings. The van der Waals surface area contributed by atoms with E-state index in [2.05, 4.69) is 10.3 Å². The standard InChI is InChI=1S/C22H25N3O5/c1-3-30-22(28)25-10-7-17(8-11-25)24-21(27)16-12-15(13-18(14-16)29-2)20(26)19-6-4-5-9-23-19/h4-6,9,12-14,17H,3,7-8,10-11H2,1-2H3,(H,24,27). The number of methoxy groups -OCH3 is 1. The first kappa shape index (κ1) is 21.3. The first-order chi connectivity index (χ1) is 14.5. The highest BCUT2D eigenvalue weighted by molar-refractivity contribution is 6.09. The van der Waals surface area contributed by atoms with E-state index in [4.69, 9.17) is 9.47 Å². The molecule has 1 aliphatic heterocycles. The van der Waals surface area contributed by atoms with Crippen LogP contribution in [0.15, 0.2) is 42.6 Å². The van der Waals surface area contributed by atoms with Gasteiger partial charge in [0.05, 0.1) is 13.7 Å². The van der Waals surface area contributed by atoms with Crippen molar-refractivity contribution in [2.24, 2.45) is 0 Å². The second-order valence-electron chi connectivity index (χ2n) is 6.93. The van der Waals surface area contributed by atoms with E-state index in [1.54, 1.807) is 54.4 Å². The maximum absolute atomic E-state index is 12.8. The van der Waals surface area contributed by atoms with Gasteiger partial charge in [0.1, 0.15) is 11.4 Å². The van der Waals surface area contributed by atoms with Crippen LogP contribution >= 0.6 is 0 Å². The molecule has 0 aliphatic carbocycles. The summed E-state index contributed by atoms with van der Waals surface area (Å²) in [6.07, 6.45) is 2.49. The minimum absolute atomic E-state index is 0.0654. The van der Waals surface area contributed by atoms with Crippen molar-refractivity contribution >= 4 is 17.8 Å². The number of amides is 2. The Labute approximate surface area is 175 Å². The van der Waals surface area contributed by atoms with Crippen molar-refractivity contribution in [3.8, 4) is 5.75 Å². The zero-order valence-electron chi connectivity index (χ0n) is 17.1. The lowest BCUT2D eigenvalue weighted by molar-refractivity contribution is 0.0859. The highest BCUT2D eigenvalue weighted by Gasteiger charge is 2.25. The summed E-state index contributed by atoms with van der Waals surface area (Å²) in [6.45, 7) is 3.15. The fraction of sp³-hybridized carbons (Fsp3) is 0.364. The molecule has 1 N–H and O–H groups in total. The molecule has 1 aliphatic rings. The Morgan fingerprint density at radius 3 is 2.50 bits per heavy atom.